The van der Waals surface area contributed by atoms with E-state index < -0.39 is 6.09 Å². The van der Waals surface area contributed by atoms with Crippen molar-refractivity contribution in [2.75, 3.05) is 19.7 Å². The molecule has 0 aliphatic carbocycles. The van der Waals surface area contributed by atoms with E-state index in [4.69, 9.17) is 5.73 Å². The Hall–Kier alpha value is -2.08. The van der Waals surface area contributed by atoms with Gasteiger partial charge in [0.25, 0.3) is 0 Å². The lowest BCUT2D eigenvalue weighted by atomic mass is 9.94. The standard InChI is InChI=1S/C13H17N3O3/c14-13(18)19-8-7-16-12(17)11-10-4-2-1-3-9(10)5-6-15-11/h1-4,11,15H,5-8H2,(H2,14,18)(H,16,17). The van der Waals surface area contributed by atoms with Crippen LogP contribution < -0.4 is 16.4 Å². The highest BCUT2D eigenvalue weighted by molar-refractivity contribution is 5.83. The summed E-state index contributed by atoms with van der Waals surface area (Å²) in [6.07, 6.45) is 0.0838. The molecule has 1 heterocycles. The first-order valence-electron chi connectivity index (χ1n) is 6.19. The number of nitrogens with one attached hydrogen (secondary N) is 2. The summed E-state index contributed by atoms with van der Waals surface area (Å²) in [6.45, 7) is 1.10. The summed E-state index contributed by atoms with van der Waals surface area (Å²) in [5, 5.41) is 5.89. The summed E-state index contributed by atoms with van der Waals surface area (Å²) in [4.78, 5) is 22.4. The predicted octanol–water partition coefficient (Wildman–Crippen LogP) is 0.0849. The number of rotatable bonds is 4. The van der Waals surface area contributed by atoms with E-state index in [1.54, 1.807) is 0 Å². The molecule has 1 aliphatic heterocycles. The van der Waals surface area contributed by atoms with Crippen molar-refractivity contribution in [3.05, 3.63) is 35.4 Å². The molecule has 0 radical (unpaired) electrons. The molecule has 1 unspecified atom stereocenters. The first kappa shape index (κ1) is 13.4. The second kappa shape index (κ2) is 6.19. The van der Waals surface area contributed by atoms with Crippen molar-refractivity contribution in [2.45, 2.75) is 12.5 Å². The van der Waals surface area contributed by atoms with E-state index in [2.05, 4.69) is 15.4 Å². The van der Waals surface area contributed by atoms with Gasteiger partial charge in [-0.2, -0.15) is 0 Å². The minimum Gasteiger partial charge on any atom is -0.448 e. The molecule has 4 N–H and O–H groups in total. The van der Waals surface area contributed by atoms with Crippen LogP contribution in [-0.2, 0) is 16.0 Å². The van der Waals surface area contributed by atoms with Crippen LogP contribution in [0.3, 0.4) is 0 Å². The van der Waals surface area contributed by atoms with Crippen molar-refractivity contribution < 1.29 is 14.3 Å². The second-order valence-electron chi connectivity index (χ2n) is 4.29. The van der Waals surface area contributed by atoms with E-state index in [1.807, 2.05) is 24.3 Å². The molecule has 1 aromatic carbocycles. The normalized spacial score (nSPS) is 17.4. The van der Waals surface area contributed by atoms with Gasteiger partial charge in [0.15, 0.2) is 0 Å². The Morgan fingerprint density at radius 2 is 2.21 bits per heavy atom. The topological polar surface area (TPSA) is 93.5 Å². The first-order valence-corrected chi connectivity index (χ1v) is 6.19. The third kappa shape index (κ3) is 3.45. The Morgan fingerprint density at radius 3 is 3.00 bits per heavy atom. The highest BCUT2D eigenvalue weighted by Crippen LogP contribution is 2.22. The van der Waals surface area contributed by atoms with Crippen molar-refractivity contribution in [2.24, 2.45) is 5.73 Å². The van der Waals surface area contributed by atoms with Gasteiger partial charge in [-0.25, -0.2) is 4.79 Å². The zero-order valence-corrected chi connectivity index (χ0v) is 10.5. The molecule has 2 rings (SSSR count). The average molecular weight is 263 g/mol. The Balaban J connectivity index is 1.92. The fourth-order valence-electron chi connectivity index (χ4n) is 2.17. The SMILES string of the molecule is NC(=O)OCCNC(=O)C1NCCc2ccccc21. The summed E-state index contributed by atoms with van der Waals surface area (Å²) < 4.78 is 4.55. The smallest absolute Gasteiger partial charge is 0.404 e. The lowest BCUT2D eigenvalue weighted by molar-refractivity contribution is -0.123. The third-order valence-electron chi connectivity index (χ3n) is 3.02. The van der Waals surface area contributed by atoms with Crippen LogP contribution in [0.5, 0.6) is 0 Å². The maximum Gasteiger partial charge on any atom is 0.404 e. The number of nitrogens with two attached hydrogens (primary N) is 1. The number of ether oxygens (including phenoxy) is 1. The van der Waals surface area contributed by atoms with Crippen LogP contribution in [0.1, 0.15) is 17.2 Å². The molecule has 0 saturated carbocycles. The van der Waals surface area contributed by atoms with Crippen LogP contribution in [0.4, 0.5) is 4.79 Å². The molecule has 102 valence electrons. The summed E-state index contributed by atoms with van der Waals surface area (Å²) >= 11 is 0. The number of amides is 2. The van der Waals surface area contributed by atoms with Gasteiger partial charge in [-0.1, -0.05) is 24.3 Å². The Morgan fingerprint density at radius 1 is 1.42 bits per heavy atom. The molecule has 0 bridgehead atoms. The number of carbonyl (C=O) groups excluding carboxylic acids is 2. The van der Waals surface area contributed by atoms with Crippen molar-refractivity contribution in [3.8, 4) is 0 Å². The zero-order chi connectivity index (χ0) is 13.7. The maximum atomic E-state index is 12.1. The van der Waals surface area contributed by atoms with Crippen LogP contribution >= 0.6 is 0 Å². The molecule has 6 nitrogen and oxygen atoms in total. The third-order valence-corrected chi connectivity index (χ3v) is 3.02. The van der Waals surface area contributed by atoms with Crippen molar-refractivity contribution in [3.63, 3.8) is 0 Å². The van der Waals surface area contributed by atoms with Gasteiger partial charge in [-0.05, 0) is 17.5 Å². The molecular weight excluding hydrogens is 246 g/mol. The number of fused-ring (bicyclic) bond motifs is 1. The van der Waals surface area contributed by atoms with Gasteiger partial charge in [-0.3, -0.25) is 4.79 Å². The fraction of sp³-hybridized carbons (Fsp3) is 0.385. The van der Waals surface area contributed by atoms with Crippen LogP contribution in [0.15, 0.2) is 24.3 Å². The van der Waals surface area contributed by atoms with Gasteiger partial charge in [0.2, 0.25) is 5.91 Å². The average Bonchev–Trinajstić information content (AvgIpc) is 2.42. The molecule has 0 saturated heterocycles. The molecule has 6 heteroatoms. The number of hydrogen-bond acceptors (Lipinski definition) is 4. The van der Waals surface area contributed by atoms with Crippen LogP contribution in [0.25, 0.3) is 0 Å². The van der Waals surface area contributed by atoms with E-state index >= 15 is 0 Å². The van der Waals surface area contributed by atoms with Crippen LogP contribution in [0, 0.1) is 0 Å². The number of hydrogen-bond donors (Lipinski definition) is 3. The van der Waals surface area contributed by atoms with E-state index in [9.17, 15) is 9.59 Å². The van der Waals surface area contributed by atoms with Gasteiger partial charge < -0.3 is 21.1 Å². The minimum atomic E-state index is -0.838. The first-order chi connectivity index (χ1) is 9.18. The minimum absolute atomic E-state index is 0.0788. The van der Waals surface area contributed by atoms with Gasteiger partial charge in [-0.15, -0.1) is 0 Å². The number of benzene rings is 1. The highest BCUT2D eigenvalue weighted by Gasteiger charge is 2.25. The van der Waals surface area contributed by atoms with Crippen LogP contribution in [0.2, 0.25) is 0 Å². The Labute approximate surface area is 111 Å². The Bertz CT molecular complexity index is 476. The molecular formula is C13H17N3O3. The zero-order valence-electron chi connectivity index (χ0n) is 10.5. The summed E-state index contributed by atoms with van der Waals surface area (Å²) in [6, 6.07) is 7.53. The van der Waals surface area contributed by atoms with Gasteiger partial charge in [0.1, 0.15) is 12.6 Å². The van der Waals surface area contributed by atoms with Crippen molar-refractivity contribution >= 4 is 12.0 Å². The molecule has 1 atom stereocenters. The monoisotopic (exact) mass is 263 g/mol. The lowest BCUT2D eigenvalue weighted by Gasteiger charge is -2.25. The van der Waals surface area contributed by atoms with Crippen molar-refractivity contribution in [1.29, 1.82) is 0 Å². The predicted molar refractivity (Wildman–Crippen MR) is 69.4 cm³/mol. The fourth-order valence-corrected chi connectivity index (χ4v) is 2.17. The maximum absolute atomic E-state index is 12.1. The van der Waals surface area contributed by atoms with Gasteiger partial charge in [0, 0.05) is 6.54 Å². The summed E-state index contributed by atoms with van der Waals surface area (Å²) in [5.74, 6) is -0.125. The van der Waals surface area contributed by atoms with Crippen molar-refractivity contribution in [1.82, 2.24) is 10.6 Å². The molecule has 1 aromatic rings. The quantitative estimate of drug-likeness (QED) is 0.671. The van der Waals surface area contributed by atoms with Gasteiger partial charge in [0.05, 0.1) is 6.54 Å². The molecule has 0 aromatic heterocycles. The summed E-state index contributed by atoms with van der Waals surface area (Å²) in [7, 11) is 0. The number of carbonyl (C=O) groups is 2. The largest absolute Gasteiger partial charge is 0.448 e. The van der Waals surface area contributed by atoms with E-state index in [1.165, 1.54) is 5.56 Å². The Kier molecular flexibility index (Phi) is 4.35. The number of primary amides is 1. The highest BCUT2D eigenvalue weighted by atomic mass is 16.5. The lowest BCUT2D eigenvalue weighted by Crippen LogP contribution is -2.42. The van der Waals surface area contributed by atoms with E-state index in [0.717, 1.165) is 18.5 Å². The molecule has 2 amide bonds. The molecule has 0 fully saturated rings. The molecule has 19 heavy (non-hydrogen) atoms. The summed E-state index contributed by atoms with van der Waals surface area (Å²) in [5.41, 5.74) is 7.02. The van der Waals surface area contributed by atoms with E-state index in [-0.39, 0.29) is 25.1 Å². The van der Waals surface area contributed by atoms with Crippen LogP contribution in [-0.4, -0.2) is 31.7 Å². The molecule has 1 aliphatic rings. The van der Waals surface area contributed by atoms with Gasteiger partial charge >= 0.3 is 6.09 Å². The second-order valence-corrected chi connectivity index (χ2v) is 4.29. The molecule has 0 spiro atoms. The van der Waals surface area contributed by atoms with E-state index in [0.29, 0.717) is 0 Å².